The number of halogens is 2. The van der Waals surface area contributed by atoms with Crippen molar-refractivity contribution in [2.75, 3.05) is 6.61 Å². The van der Waals surface area contributed by atoms with Gasteiger partial charge < -0.3 is 9.47 Å². The number of ether oxygens (including phenoxy) is 2. The van der Waals surface area contributed by atoms with Gasteiger partial charge in [0.1, 0.15) is 12.4 Å². The van der Waals surface area contributed by atoms with E-state index >= 15 is 0 Å². The molecule has 2 aromatic carbocycles. The zero-order chi connectivity index (χ0) is 20.6. The van der Waals surface area contributed by atoms with Gasteiger partial charge in [0.2, 0.25) is 0 Å². The number of hydrogen-bond acceptors (Lipinski definition) is 5. The van der Waals surface area contributed by atoms with Crippen LogP contribution in [0.25, 0.3) is 0 Å². The van der Waals surface area contributed by atoms with Crippen molar-refractivity contribution in [1.29, 1.82) is 0 Å². The van der Waals surface area contributed by atoms with E-state index in [0.29, 0.717) is 33.6 Å². The van der Waals surface area contributed by atoms with Gasteiger partial charge >= 0.3 is 0 Å². The smallest absolute Gasteiger partial charge is 0.281 e. The Kier molecular flexibility index (Phi) is 7.21. The highest BCUT2D eigenvalue weighted by Crippen LogP contribution is 2.30. The number of hydrazone groups is 1. The second-order valence-corrected chi connectivity index (χ2v) is 7.16. The minimum Gasteiger partial charge on any atom is -0.490 e. The fourth-order valence-electron chi connectivity index (χ4n) is 2.44. The fraction of sp³-hybridized carbons (Fsp3) is 0.143. The van der Waals surface area contributed by atoms with Crippen molar-refractivity contribution in [3.05, 3.63) is 80.8 Å². The van der Waals surface area contributed by atoms with E-state index in [1.807, 2.05) is 12.3 Å². The van der Waals surface area contributed by atoms with Gasteiger partial charge in [-0.15, -0.1) is 11.3 Å². The molecule has 0 aliphatic heterocycles. The van der Waals surface area contributed by atoms with Gasteiger partial charge in [0.15, 0.2) is 11.5 Å². The highest BCUT2D eigenvalue weighted by atomic mass is 35.5. The fourth-order valence-corrected chi connectivity index (χ4v) is 3.27. The summed E-state index contributed by atoms with van der Waals surface area (Å²) in [5.74, 6) is 0.225. The molecular formula is C21H18ClFN2O3S. The molecule has 0 atom stereocenters. The predicted molar refractivity (Wildman–Crippen MR) is 113 cm³/mol. The van der Waals surface area contributed by atoms with Crippen molar-refractivity contribution in [2.24, 2.45) is 5.10 Å². The molecule has 3 rings (SSSR count). The average Bonchev–Trinajstić information content (AvgIpc) is 3.24. The normalized spacial score (nSPS) is 10.9. The van der Waals surface area contributed by atoms with Gasteiger partial charge in [0.25, 0.3) is 5.91 Å². The predicted octanol–water partition coefficient (Wildman–Crippen LogP) is 5.28. The molecule has 0 spiro atoms. The maximum absolute atomic E-state index is 13.9. The summed E-state index contributed by atoms with van der Waals surface area (Å²) in [6, 6.07) is 13.2. The summed E-state index contributed by atoms with van der Waals surface area (Å²) >= 11 is 7.37. The quantitative estimate of drug-likeness (QED) is 0.389. The number of thiophene rings is 1. The molecule has 0 bridgehead atoms. The van der Waals surface area contributed by atoms with Crippen molar-refractivity contribution in [3.63, 3.8) is 0 Å². The lowest BCUT2D eigenvalue weighted by atomic mass is 10.2. The Hall–Kier alpha value is -2.90. The van der Waals surface area contributed by atoms with Gasteiger partial charge in [0.05, 0.1) is 22.7 Å². The topological polar surface area (TPSA) is 59.9 Å². The lowest BCUT2D eigenvalue weighted by molar-refractivity contribution is 0.0959. The minimum atomic E-state index is -0.430. The molecule has 0 saturated carbocycles. The van der Waals surface area contributed by atoms with E-state index in [-0.39, 0.29) is 18.1 Å². The minimum absolute atomic E-state index is 0.0319. The molecule has 0 aliphatic carbocycles. The monoisotopic (exact) mass is 432 g/mol. The molecule has 0 fully saturated rings. The second-order valence-electron chi connectivity index (χ2n) is 5.80. The van der Waals surface area contributed by atoms with Crippen LogP contribution in [0.5, 0.6) is 11.5 Å². The van der Waals surface area contributed by atoms with Crippen molar-refractivity contribution in [3.8, 4) is 11.5 Å². The molecule has 0 saturated heterocycles. The molecule has 150 valence electrons. The van der Waals surface area contributed by atoms with Crippen molar-refractivity contribution in [1.82, 2.24) is 5.43 Å². The summed E-state index contributed by atoms with van der Waals surface area (Å²) in [5.41, 5.74) is 3.45. The van der Waals surface area contributed by atoms with Crippen LogP contribution in [0.15, 0.2) is 59.0 Å². The van der Waals surface area contributed by atoms with Crippen molar-refractivity contribution in [2.45, 2.75) is 13.5 Å². The SMILES string of the molecule is CCOc1cc(C=NNC(=O)c2cccs2)ccc1OCc1c(F)cccc1Cl. The standard InChI is InChI=1S/C21H18ClFN2O3S/c1-2-27-19-11-14(12-24-25-21(26)20-7-4-10-29-20)8-9-18(19)28-13-15-16(22)5-3-6-17(15)23/h3-12H,2,13H2,1H3,(H,25,26). The molecule has 5 nitrogen and oxygen atoms in total. The summed E-state index contributed by atoms with van der Waals surface area (Å²) in [7, 11) is 0. The van der Waals surface area contributed by atoms with Gasteiger partial charge in [-0.25, -0.2) is 9.82 Å². The summed E-state index contributed by atoms with van der Waals surface area (Å²) in [6.45, 7) is 2.24. The lowest BCUT2D eigenvalue weighted by Crippen LogP contribution is -2.16. The van der Waals surface area contributed by atoms with Crippen LogP contribution in [0.4, 0.5) is 4.39 Å². The zero-order valence-electron chi connectivity index (χ0n) is 15.5. The Morgan fingerprint density at radius 2 is 2.07 bits per heavy atom. The third kappa shape index (κ3) is 5.56. The number of nitrogens with one attached hydrogen (secondary N) is 1. The Morgan fingerprint density at radius 3 is 2.79 bits per heavy atom. The molecule has 1 aromatic heterocycles. The number of nitrogens with zero attached hydrogens (tertiary/aromatic N) is 1. The molecule has 0 aliphatic rings. The summed E-state index contributed by atoms with van der Waals surface area (Å²) in [6.07, 6.45) is 1.51. The molecule has 29 heavy (non-hydrogen) atoms. The Balaban J connectivity index is 1.69. The van der Waals surface area contributed by atoms with Crippen LogP contribution in [-0.2, 0) is 6.61 Å². The van der Waals surface area contributed by atoms with Crippen LogP contribution in [0.3, 0.4) is 0 Å². The first-order valence-corrected chi connectivity index (χ1v) is 10.0. The van der Waals surface area contributed by atoms with Crippen molar-refractivity contribution < 1.29 is 18.7 Å². The largest absolute Gasteiger partial charge is 0.490 e. The first kappa shape index (κ1) is 20.8. The summed E-state index contributed by atoms with van der Waals surface area (Å²) < 4.78 is 25.3. The van der Waals surface area contributed by atoms with Gasteiger partial charge in [0, 0.05) is 5.56 Å². The highest BCUT2D eigenvalue weighted by Gasteiger charge is 2.11. The van der Waals surface area contributed by atoms with E-state index in [0.717, 1.165) is 0 Å². The number of benzene rings is 2. The number of carbonyl (C=O) groups excluding carboxylic acids is 1. The lowest BCUT2D eigenvalue weighted by Gasteiger charge is -2.13. The van der Waals surface area contributed by atoms with Crippen LogP contribution >= 0.6 is 22.9 Å². The van der Waals surface area contributed by atoms with Crippen molar-refractivity contribution >= 4 is 35.1 Å². The molecule has 1 heterocycles. The first-order valence-electron chi connectivity index (χ1n) is 8.78. The average molecular weight is 433 g/mol. The highest BCUT2D eigenvalue weighted by molar-refractivity contribution is 7.12. The van der Waals surface area contributed by atoms with Gasteiger partial charge in [-0.1, -0.05) is 23.7 Å². The Labute approximate surface area is 176 Å². The maximum Gasteiger partial charge on any atom is 0.281 e. The van der Waals surface area contributed by atoms with Gasteiger partial charge in [-0.05, 0) is 54.3 Å². The molecule has 1 N–H and O–H groups in total. The van der Waals surface area contributed by atoms with Crippen LogP contribution < -0.4 is 14.9 Å². The van der Waals surface area contributed by atoms with E-state index in [9.17, 15) is 9.18 Å². The molecule has 8 heteroatoms. The Bertz CT molecular complexity index is 989. The molecular weight excluding hydrogens is 415 g/mol. The Morgan fingerprint density at radius 1 is 1.21 bits per heavy atom. The van der Waals surface area contributed by atoms with Crippen LogP contribution in [0.1, 0.15) is 27.7 Å². The number of amides is 1. The van der Waals surface area contributed by atoms with E-state index in [1.54, 1.807) is 36.4 Å². The third-order valence-corrected chi connectivity index (χ3v) is 5.05. The molecule has 3 aromatic rings. The van der Waals surface area contributed by atoms with Gasteiger partial charge in [-0.3, -0.25) is 4.79 Å². The van der Waals surface area contributed by atoms with E-state index < -0.39 is 5.82 Å². The van der Waals surface area contributed by atoms with Crippen LogP contribution in [-0.4, -0.2) is 18.7 Å². The zero-order valence-corrected chi connectivity index (χ0v) is 17.1. The van der Waals surface area contributed by atoms with Crippen LogP contribution in [0.2, 0.25) is 5.02 Å². The molecule has 0 radical (unpaired) electrons. The third-order valence-electron chi connectivity index (χ3n) is 3.83. The van der Waals surface area contributed by atoms with Crippen LogP contribution in [0, 0.1) is 5.82 Å². The number of hydrogen-bond donors (Lipinski definition) is 1. The van der Waals surface area contributed by atoms with Gasteiger partial charge in [-0.2, -0.15) is 5.10 Å². The van der Waals surface area contributed by atoms with E-state index in [2.05, 4.69) is 10.5 Å². The second kappa shape index (κ2) is 10.0. The molecule has 0 unspecified atom stereocenters. The van der Waals surface area contributed by atoms with E-state index in [4.69, 9.17) is 21.1 Å². The first-order chi connectivity index (χ1) is 14.1. The van der Waals surface area contributed by atoms with E-state index in [1.165, 1.54) is 29.7 Å². The maximum atomic E-state index is 13.9. The summed E-state index contributed by atoms with van der Waals surface area (Å²) in [4.78, 5) is 12.5. The summed E-state index contributed by atoms with van der Waals surface area (Å²) in [5, 5.41) is 6.08. The number of carbonyl (C=O) groups is 1. The number of rotatable bonds is 8. The molecule has 1 amide bonds.